The molecular formula is C27H24N8O4. The molecule has 0 radical (unpaired) electrons. The summed E-state index contributed by atoms with van der Waals surface area (Å²) in [6.07, 6.45) is 1.46. The summed E-state index contributed by atoms with van der Waals surface area (Å²) >= 11 is 0. The zero-order valence-electron chi connectivity index (χ0n) is 20.5. The molecule has 0 aliphatic carbocycles. The Bertz CT molecular complexity index is 1860. The molecule has 7 rings (SSSR count). The first-order valence-corrected chi connectivity index (χ1v) is 12.4. The fraction of sp³-hybridized carbons (Fsp3) is 0.185. The largest absolute Gasteiger partial charge is 0.394 e. The van der Waals surface area contributed by atoms with E-state index in [1.807, 2.05) is 48.7 Å². The number of nitrogens with one attached hydrogen (secondary N) is 2. The average molecular weight is 525 g/mol. The molecule has 1 saturated heterocycles. The molecule has 12 heteroatoms. The van der Waals surface area contributed by atoms with Gasteiger partial charge in [0.25, 0.3) is 5.56 Å². The van der Waals surface area contributed by atoms with E-state index in [9.17, 15) is 15.0 Å². The number of hydrogen-bond donors (Lipinski definition) is 5. The van der Waals surface area contributed by atoms with E-state index in [1.54, 1.807) is 10.8 Å². The fourth-order valence-electron chi connectivity index (χ4n) is 5.32. The molecule has 12 nitrogen and oxygen atoms in total. The number of aliphatic hydroxyl groups excluding tert-OH is 2. The summed E-state index contributed by atoms with van der Waals surface area (Å²) in [4.78, 5) is 28.1. The molecule has 0 amide bonds. The van der Waals surface area contributed by atoms with Crippen molar-refractivity contribution >= 4 is 50.6 Å². The molecule has 3 unspecified atom stereocenters. The molecule has 0 spiro atoms. The Morgan fingerprint density at radius 2 is 1.87 bits per heavy atom. The van der Waals surface area contributed by atoms with Crippen LogP contribution in [0.4, 0.5) is 17.6 Å². The third-order valence-electron chi connectivity index (χ3n) is 7.10. The first kappa shape index (κ1) is 23.3. The Balaban J connectivity index is 1.29. The number of rotatable bonds is 5. The second-order valence-electron chi connectivity index (χ2n) is 9.46. The van der Waals surface area contributed by atoms with Crippen molar-refractivity contribution in [3.63, 3.8) is 0 Å². The summed E-state index contributed by atoms with van der Waals surface area (Å²) in [6, 6.07) is 18.0. The zero-order chi connectivity index (χ0) is 26.7. The molecule has 1 aliphatic rings. The van der Waals surface area contributed by atoms with Crippen LogP contribution < -0.4 is 16.6 Å². The summed E-state index contributed by atoms with van der Waals surface area (Å²) in [5.74, 6) is 0.223. The van der Waals surface area contributed by atoms with Crippen LogP contribution in [0.25, 0.3) is 38.7 Å². The molecule has 3 atom stereocenters. The topological polar surface area (TPSA) is 169 Å². The highest BCUT2D eigenvalue weighted by Gasteiger charge is 2.37. The van der Waals surface area contributed by atoms with Crippen molar-refractivity contribution in [2.45, 2.75) is 24.9 Å². The van der Waals surface area contributed by atoms with Crippen molar-refractivity contribution in [3.05, 3.63) is 77.3 Å². The molecule has 2 aromatic carbocycles. The van der Waals surface area contributed by atoms with Gasteiger partial charge in [-0.2, -0.15) is 4.98 Å². The fourth-order valence-corrected chi connectivity index (χ4v) is 5.32. The number of nitrogens with zero attached hydrogens (tertiary/aromatic N) is 5. The second-order valence-corrected chi connectivity index (χ2v) is 9.46. The van der Waals surface area contributed by atoms with Gasteiger partial charge < -0.3 is 30.6 Å². The van der Waals surface area contributed by atoms with E-state index in [-0.39, 0.29) is 30.1 Å². The predicted octanol–water partition coefficient (Wildman–Crippen LogP) is 2.58. The lowest BCUT2D eigenvalue weighted by Gasteiger charge is -2.17. The molecule has 1 fully saturated rings. The number of imidazole rings is 1. The van der Waals surface area contributed by atoms with Crippen LogP contribution in [0.2, 0.25) is 0 Å². The molecule has 39 heavy (non-hydrogen) atoms. The summed E-state index contributed by atoms with van der Waals surface area (Å²) < 4.78 is 9.61. The van der Waals surface area contributed by atoms with Crippen molar-refractivity contribution in [2.75, 3.05) is 17.7 Å². The molecule has 5 heterocycles. The van der Waals surface area contributed by atoms with Crippen molar-refractivity contribution in [1.29, 1.82) is 0 Å². The Kier molecular flexibility index (Phi) is 5.33. The van der Waals surface area contributed by atoms with Crippen LogP contribution in [-0.2, 0) is 4.74 Å². The van der Waals surface area contributed by atoms with Crippen LogP contribution in [0, 0.1) is 0 Å². The van der Waals surface area contributed by atoms with E-state index < -0.39 is 24.0 Å². The highest BCUT2D eigenvalue weighted by atomic mass is 16.5. The summed E-state index contributed by atoms with van der Waals surface area (Å²) in [5, 5.41) is 25.4. The highest BCUT2D eigenvalue weighted by Crippen LogP contribution is 2.35. The second kappa shape index (κ2) is 8.91. The number of aliphatic hydroxyl groups is 2. The SMILES string of the molecule is Nc1nc2c(nc(Nc3ccc(-n4c5ccccc5c5ccncc54)cc3)n2C2CC(O)C(CO)O2)c(=O)[nH]1. The number of benzene rings is 2. The number of hydrogen-bond acceptors (Lipinski definition) is 9. The van der Waals surface area contributed by atoms with Crippen LogP contribution >= 0.6 is 0 Å². The number of fused-ring (bicyclic) bond motifs is 4. The summed E-state index contributed by atoms with van der Waals surface area (Å²) in [6.45, 7) is -0.344. The van der Waals surface area contributed by atoms with Crippen molar-refractivity contribution in [3.8, 4) is 5.69 Å². The van der Waals surface area contributed by atoms with Gasteiger partial charge in [0.2, 0.25) is 11.9 Å². The smallest absolute Gasteiger partial charge is 0.280 e. The summed E-state index contributed by atoms with van der Waals surface area (Å²) in [7, 11) is 0. The number of aromatic amines is 1. The van der Waals surface area contributed by atoms with Gasteiger partial charge in [-0.1, -0.05) is 18.2 Å². The first-order chi connectivity index (χ1) is 19.0. The average Bonchev–Trinajstić information content (AvgIpc) is 3.60. The van der Waals surface area contributed by atoms with Gasteiger partial charge >= 0.3 is 0 Å². The van der Waals surface area contributed by atoms with E-state index >= 15 is 0 Å². The van der Waals surface area contributed by atoms with Gasteiger partial charge in [-0.15, -0.1) is 0 Å². The van der Waals surface area contributed by atoms with Gasteiger partial charge in [0.15, 0.2) is 11.2 Å². The molecule has 196 valence electrons. The molecule has 1 aliphatic heterocycles. The van der Waals surface area contributed by atoms with E-state index in [4.69, 9.17) is 10.5 Å². The van der Waals surface area contributed by atoms with Gasteiger partial charge in [0.05, 0.1) is 29.9 Å². The summed E-state index contributed by atoms with van der Waals surface area (Å²) in [5.41, 5.74) is 9.33. The highest BCUT2D eigenvalue weighted by molar-refractivity contribution is 6.08. The Hall–Kier alpha value is -4.78. The number of H-pyrrole nitrogens is 1. The third kappa shape index (κ3) is 3.73. The zero-order valence-corrected chi connectivity index (χ0v) is 20.5. The van der Waals surface area contributed by atoms with E-state index in [1.165, 1.54) is 0 Å². The predicted molar refractivity (Wildman–Crippen MR) is 146 cm³/mol. The number of nitrogens with two attached hydrogens (primary N) is 1. The Morgan fingerprint density at radius 3 is 2.67 bits per heavy atom. The Labute approximate surface area is 220 Å². The van der Waals surface area contributed by atoms with Crippen LogP contribution in [0.1, 0.15) is 12.6 Å². The molecular weight excluding hydrogens is 500 g/mol. The van der Waals surface area contributed by atoms with Crippen LogP contribution in [-0.4, -0.2) is 58.1 Å². The van der Waals surface area contributed by atoms with Crippen LogP contribution in [0.15, 0.2) is 71.8 Å². The first-order valence-electron chi connectivity index (χ1n) is 12.4. The minimum Gasteiger partial charge on any atom is -0.394 e. The van der Waals surface area contributed by atoms with Gasteiger partial charge in [0.1, 0.15) is 12.3 Å². The van der Waals surface area contributed by atoms with Crippen molar-refractivity contribution in [2.24, 2.45) is 0 Å². The lowest BCUT2D eigenvalue weighted by molar-refractivity contribution is -0.0425. The molecule has 6 aromatic rings. The van der Waals surface area contributed by atoms with Gasteiger partial charge in [-0.05, 0) is 36.4 Å². The molecule has 6 N–H and O–H groups in total. The number of pyridine rings is 1. The van der Waals surface area contributed by atoms with E-state index in [0.717, 1.165) is 27.5 Å². The maximum Gasteiger partial charge on any atom is 0.280 e. The Morgan fingerprint density at radius 1 is 1.08 bits per heavy atom. The number of nitrogen functional groups attached to an aromatic ring is 1. The van der Waals surface area contributed by atoms with Crippen molar-refractivity contribution < 1.29 is 14.9 Å². The minimum atomic E-state index is -0.885. The molecule has 0 bridgehead atoms. The number of ether oxygens (including phenoxy) is 1. The normalized spacial score (nSPS) is 19.4. The third-order valence-corrected chi connectivity index (χ3v) is 7.10. The lowest BCUT2D eigenvalue weighted by atomic mass is 10.2. The van der Waals surface area contributed by atoms with Gasteiger partial charge in [-0.3, -0.25) is 19.3 Å². The maximum atomic E-state index is 12.6. The monoisotopic (exact) mass is 524 g/mol. The number of para-hydroxylation sites is 1. The van der Waals surface area contributed by atoms with Gasteiger partial charge in [0, 0.05) is 34.8 Å². The number of anilines is 3. The lowest BCUT2D eigenvalue weighted by Crippen LogP contribution is -2.24. The molecule has 4 aromatic heterocycles. The van der Waals surface area contributed by atoms with E-state index in [2.05, 4.69) is 42.0 Å². The van der Waals surface area contributed by atoms with Gasteiger partial charge in [-0.25, -0.2) is 4.98 Å². The number of aromatic nitrogens is 6. The van der Waals surface area contributed by atoms with E-state index in [0.29, 0.717) is 11.6 Å². The standard InChI is InChI=1S/C27H24N8O4/c28-26-32-24-23(25(38)33-26)31-27(35(24)22-11-20(37)21(13-36)39-22)30-14-5-7-15(8-6-14)34-18-4-2-1-3-16(18)17-9-10-29-12-19(17)34/h1-10,12,20-22,36-37H,11,13H2,(H,30,31)(H3,28,32,33,38). The van der Waals surface area contributed by atoms with Crippen LogP contribution in [0.3, 0.4) is 0 Å². The quantitative estimate of drug-likeness (QED) is 0.227. The minimum absolute atomic E-state index is 0.0672. The maximum absolute atomic E-state index is 12.6. The van der Waals surface area contributed by atoms with Crippen molar-refractivity contribution in [1.82, 2.24) is 29.1 Å². The molecule has 0 saturated carbocycles. The van der Waals surface area contributed by atoms with Crippen LogP contribution in [0.5, 0.6) is 0 Å².